The smallest absolute Gasteiger partial charge is 0.226 e. The Morgan fingerprint density at radius 2 is 1.77 bits per heavy atom. The van der Waals surface area contributed by atoms with Crippen molar-refractivity contribution in [3.05, 3.63) is 95.0 Å². The van der Waals surface area contributed by atoms with Crippen molar-refractivity contribution in [1.29, 1.82) is 0 Å². The summed E-state index contributed by atoms with van der Waals surface area (Å²) in [6.45, 7) is 3.56. The van der Waals surface area contributed by atoms with Gasteiger partial charge in [0.1, 0.15) is 6.10 Å². The van der Waals surface area contributed by atoms with Crippen LogP contribution in [0.25, 0.3) is 5.69 Å². The molecule has 6 rings (SSSR count). The van der Waals surface area contributed by atoms with Crippen LogP contribution in [0.3, 0.4) is 0 Å². The van der Waals surface area contributed by atoms with Gasteiger partial charge in [-0.2, -0.15) is 0 Å². The molecule has 198 valence electrons. The van der Waals surface area contributed by atoms with Gasteiger partial charge in [0.25, 0.3) is 0 Å². The lowest BCUT2D eigenvalue weighted by atomic mass is 9.89. The van der Waals surface area contributed by atoms with Gasteiger partial charge in [-0.05, 0) is 80.2 Å². The van der Waals surface area contributed by atoms with E-state index in [9.17, 15) is 24.6 Å². The number of Topliss-reactive ketones (excluding diaryl/α,β-unsaturated/α-hetero) is 2. The molecule has 1 amide bonds. The third-order valence-electron chi connectivity index (χ3n) is 6.99. The van der Waals surface area contributed by atoms with Crippen LogP contribution in [0, 0.1) is 6.92 Å². The zero-order valence-electron chi connectivity index (χ0n) is 20.5. The minimum Gasteiger partial charge on any atom is -0.494 e. The molecule has 0 saturated heterocycles. The number of aromatic nitrogens is 1. The summed E-state index contributed by atoms with van der Waals surface area (Å²) in [4.78, 5) is 40.1. The highest BCUT2D eigenvalue weighted by Gasteiger charge is 2.65. The Morgan fingerprint density at radius 1 is 1.05 bits per heavy atom. The molecule has 8 nitrogen and oxygen atoms in total. The van der Waals surface area contributed by atoms with Gasteiger partial charge in [-0.15, -0.1) is 11.3 Å². The number of halogens is 2. The average Bonchev–Trinajstić information content (AvgIpc) is 3.59. The van der Waals surface area contributed by atoms with Gasteiger partial charge in [-0.3, -0.25) is 19.0 Å². The van der Waals surface area contributed by atoms with Gasteiger partial charge in [-0.25, -0.2) is 0 Å². The molecule has 0 saturated carbocycles. The van der Waals surface area contributed by atoms with Gasteiger partial charge in [0, 0.05) is 32.9 Å². The summed E-state index contributed by atoms with van der Waals surface area (Å²) in [7, 11) is 0. The Kier molecular flexibility index (Phi) is 6.10. The topological polar surface area (TPSA) is 118 Å². The third-order valence-corrected chi connectivity index (χ3v) is 9.92. The Bertz CT molecular complexity index is 1690. The largest absolute Gasteiger partial charge is 0.494 e. The van der Waals surface area contributed by atoms with E-state index in [2.05, 4.69) is 37.2 Å². The fourth-order valence-electron chi connectivity index (χ4n) is 5.24. The summed E-state index contributed by atoms with van der Waals surface area (Å²) in [6, 6.07) is 13.8. The fraction of sp³-hybridized carbons (Fsp3) is 0.179. The summed E-state index contributed by atoms with van der Waals surface area (Å²) < 4.78 is 9.03. The van der Waals surface area contributed by atoms with E-state index >= 15 is 0 Å². The number of ether oxygens (including phenoxy) is 1. The van der Waals surface area contributed by atoms with Crippen molar-refractivity contribution < 1.29 is 29.3 Å². The zero-order chi connectivity index (χ0) is 27.8. The number of hydrogen-bond donors (Lipinski definition) is 3. The van der Waals surface area contributed by atoms with E-state index in [0.29, 0.717) is 22.3 Å². The highest BCUT2D eigenvalue weighted by atomic mass is 79.9. The number of rotatable bonds is 4. The fourth-order valence-corrected chi connectivity index (χ4v) is 6.88. The van der Waals surface area contributed by atoms with Crippen molar-refractivity contribution in [3.8, 4) is 17.4 Å². The predicted molar refractivity (Wildman–Crippen MR) is 151 cm³/mol. The monoisotopic (exact) mass is 670 g/mol. The number of nitrogens with one attached hydrogen (secondary N) is 1. The van der Waals surface area contributed by atoms with E-state index < -0.39 is 29.2 Å². The molecule has 1 aliphatic heterocycles. The van der Waals surface area contributed by atoms with E-state index in [1.165, 1.54) is 22.8 Å². The molecule has 2 atom stereocenters. The molecule has 0 unspecified atom stereocenters. The normalized spacial score (nSPS) is 19.5. The lowest BCUT2D eigenvalue weighted by Crippen LogP contribution is -2.38. The van der Waals surface area contributed by atoms with Crippen molar-refractivity contribution in [2.45, 2.75) is 32.1 Å². The number of carbonyl (C=O) groups excluding carboxylic acids is 3. The van der Waals surface area contributed by atoms with E-state index in [4.69, 9.17) is 4.74 Å². The van der Waals surface area contributed by atoms with E-state index in [-0.39, 0.29) is 33.4 Å². The van der Waals surface area contributed by atoms with Crippen LogP contribution in [0.1, 0.15) is 60.2 Å². The molecule has 1 aliphatic carbocycles. The number of benzene rings is 2. The lowest BCUT2D eigenvalue weighted by Gasteiger charge is -2.24. The summed E-state index contributed by atoms with van der Waals surface area (Å²) >= 11 is 8.13. The second-order valence-corrected chi connectivity index (χ2v) is 12.4. The van der Waals surface area contributed by atoms with Gasteiger partial charge in [0.2, 0.25) is 34.8 Å². The van der Waals surface area contributed by atoms with Gasteiger partial charge < -0.3 is 20.3 Å². The number of hydrogen-bond acceptors (Lipinski definition) is 7. The molecule has 0 bridgehead atoms. The molecule has 11 heteroatoms. The molecule has 1 spiro atoms. The van der Waals surface area contributed by atoms with Crippen molar-refractivity contribution in [3.63, 3.8) is 0 Å². The number of aromatic hydroxyl groups is 2. The maximum Gasteiger partial charge on any atom is 0.226 e. The molecule has 3 heterocycles. The first-order chi connectivity index (χ1) is 18.5. The van der Waals surface area contributed by atoms with Gasteiger partial charge in [0.15, 0.2) is 0 Å². The van der Waals surface area contributed by atoms with Gasteiger partial charge in [0.05, 0.1) is 21.7 Å². The van der Waals surface area contributed by atoms with Crippen LogP contribution in [0.15, 0.2) is 57.5 Å². The summed E-state index contributed by atoms with van der Waals surface area (Å²) in [5.74, 6) is -2.08. The molecule has 0 radical (unpaired) electrons. The van der Waals surface area contributed by atoms with Crippen molar-refractivity contribution >= 4 is 60.7 Å². The Hall–Kier alpha value is -3.25. The number of carbonyl (C=O) groups is 3. The number of ketones is 2. The number of aryl methyl sites for hydroxylation is 1. The lowest BCUT2D eigenvalue weighted by molar-refractivity contribution is -0.119. The van der Waals surface area contributed by atoms with Gasteiger partial charge >= 0.3 is 0 Å². The van der Waals surface area contributed by atoms with Gasteiger partial charge in [-0.1, -0.05) is 18.2 Å². The van der Waals surface area contributed by atoms with E-state index in [0.717, 1.165) is 14.9 Å². The quantitative estimate of drug-likeness (QED) is 0.236. The Balaban J connectivity index is 1.54. The molecule has 4 aromatic rings. The van der Waals surface area contributed by atoms with Crippen LogP contribution < -0.4 is 5.32 Å². The molecule has 2 aliphatic rings. The third kappa shape index (κ3) is 3.75. The Labute approximate surface area is 243 Å². The van der Waals surface area contributed by atoms with Crippen LogP contribution in [-0.2, 0) is 21.7 Å². The van der Waals surface area contributed by atoms with Crippen molar-refractivity contribution in [2.75, 3.05) is 0 Å². The average molecular weight is 672 g/mol. The number of thiophene rings is 1. The van der Waals surface area contributed by atoms with Crippen LogP contribution in [0.2, 0.25) is 0 Å². The summed E-state index contributed by atoms with van der Waals surface area (Å²) in [6.07, 6.45) is -1.02. The van der Waals surface area contributed by atoms with Crippen molar-refractivity contribution in [2.24, 2.45) is 0 Å². The first-order valence-electron chi connectivity index (χ1n) is 11.9. The standard InChI is InChI=1S/C28H20Br2N2O6S/c1-12-9-17-23(39-12)25(35)28(24(17)34)21-20(22(38-28)15-5-8-18(29)19(30)10-15)26(36)32(27(21)37)16-6-3-14(4-7-16)11-31-13(2)33/h3-10,22,36-37H,11H2,1-2H3,(H,31,33)/t22-,28+/m0/s1. The first-order valence-corrected chi connectivity index (χ1v) is 14.3. The van der Waals surface area contributed by atoms with E-state index in [1.807, 2.05) is 6.92 Å². The molecule has 0 fully saturated rings. The molecular weight excluding hydrogens is 652 g/mol. The molecular formula is C28H20Br2N2O6S. The number of nitrogens with zero attached hydrogens (tertiary/aromatic N) is 1. The molecule has 2 aromatic carbocycles. The molecule has 2 aromatic heterocycles. The zero-order valence-corrected chi connectivity index (χ0v) is 24.5. The van der Waals surface area contributed by atoms with Crippen molar-refractivity contribution in [1.82, 2.24) is 9.88 Å². The van der Waals surface area contributed by atoms with Crippen LogP contribution in [-0.4, -0.2) is 32.3 Å². The van der Waals surface area contributed by atoms with E-state index in [1.54, 1.807) is 48.5 Å². The van der Waals surface area contributed by atoms with Crippen LogP contribution in [0.4, 0.5) is 0 Å². The maximum absolute atomic E-state index is 13.9. The second-order valence-electron chi connectivity index (χ2n) is 9.46. The van der Waals surface area contributed by atoms with Crippen LogP contribution >= 0.6 is 43.2 Å². The van der Waals surface area contributed by atoms with Crippen LogP contribution in [0.5, 0.6) is 11.8 Å². The molecule has 3 N–H and O–H groups in total. The highest BCUT2D eigenvalue weighted by molar-refractivity contribution is 9.13. The second kappa shape index (κ2) is 9.16. The SMILES string of the molecule is CC(=O)NCc1ccc(-n2c(O)c3c(c2O)[C@@]2(O[C@H]3c3ccc(Br)c(Br)c3)C(=O)c3cc(C)sc3C2=O)cc1. The Morgan fingerprint density at radius 3 is 2.41 bits per heavy atom. The minimum atomic E-state index is -2.12. The first kappa shape index (κ1) is 26.0. The minimum absolute atomic E-state index is 0.0533. The highest BCUT2D eigenvalue weighted by Crippen LogP contribution is 2.60. The number of amides is 1. The maximum atomic E-state index is 13.9. The molecule has 39 heavy (non-hydrogen) atoms. The summed E-state index contributed by atoms with van der Waals surface area (Å²) in [5, 5.41) is 25.8. The predicted octanol–water partition coefficient (Wildman–Crippen LogP) is 5.81. The summed E-state index contributed by atoms with van der Waals surface area (Å²) in [5.41, 5.74) is 0.0202. The number of fused-ring (bicyclic) bond motifs is 3.